The minimum Gasteiger partial charge on any atom is -0.377 e. The molecule has 0 aromatic heterocycles. The van der Waals surface area contributed by atoms with Crippen LogP contribution in [0.25, 0.3) is 0 Å². The third kappa shape index (κ3) is 5.10. The van der Waals surface area contributed by atoms with Gasteiger partial charge in [-0.1, -0.05) is 31.4 Å². The summed E-state index contributed by atoms with van der Waals surface area (Å²) < 4.78 is 5.83. The van der Waals surface area contributed by atoms with Crippen LogP contribution in [0.5, 0.6) is 0 Å². The molecule has 0 atom stereocenters. The fourth-order valence-corrected chi connectivity index (χ4v) is 2.72. The lowest BCUT2D eigenvalue weighted by molar-refractivity contribution is -0.385. The molecule has 2 rings (SSSR count). The molecule has 116 valence electrons. The monoisotopic (exact) mass is 292 g/mol. The largest absolute Gasteiger partial charge is 0.377 e. The summed E-state index contributed by atoms with van der Waals surface area (Å²) in [6.07, 6.45) is 6.70. The number of benzene rings is 1. The van der Waals surface area contributed by atoms with Crippen LogP contribution in [0, 0.1) is 17.0 Å². The first-order valence-electron chi connectivity index (χ1n) is 7.73. The first kappa shape index (κ1) is 15.9. The lowest BCUT2D eigenvalue weighted by atomic mass is 9.98. The number of hydrogen-bond acceptors (Lipinski definition) is 4. The average molecular weight is 292 g/mol. The van der Waals surface area contributed by atoms with E-state index in [2.05, 4.69) is 5.32 Å². The van der Waals surface area contributed by atoms with E-state index in [9.17, 15) is 10.1 Å². The highest BCUT2D eigenvalue weighted by Crippen LogP contribution is 2.20. The lowest BCUT2D eigenvalue weighted by Crippen LogP contribution is -2.24. The third-order valence-corrected chi connectivity index (χ3v) is 3.98. The standard InChI is InChI=1S/C16H24N2O3/c1-13-7-8-14(11-16(13)18(19)20)12-17-9-10-21-15-5-3-2-4-6-15/h7-8,11,15,17H,2-6,9-10,12H2,1H3. The Hall–Kier alpha value is -1.46. The van der Waals surface area contributed by atoms with Crippen molar-refractivity contribution in [1.82, 2.24) is 5.32 Å². The molecule has 0 radical (unpaired) electrons. The molecule has 1 aliphatic rings. The zero-order chi connectivity index (χ0) is 15.1. The summed E-state index contributed by atoms with van der Waals surface area (Å²) in [5, 5.41) is 14.2. The van der Waals surface area contributed by atoms with Crippen LogP contribution < -0.4 is 5.32 Å². The van der Waals surface area contributed by atoms with Gasteiger partial charge in [0.15, 0.2) is 0 Å². The Labute approximate surface area is 125 Å². The maximum Gasteiger partial charge on any atom is 0.272 e. The Morgan fingerprint density at radius 1 is 1.33 bits per heavy atom. The average Bonchev–Trinajstić information content (AvgIpc) is 2.49. The minimum absolute atomic E-state index is 0.188. The molecule has 0 saturated heterocycles. The van der Waals surface area contributed by atoms with Crippen molar-refractivity contribution in [3.63, 3.8) is 0 Å². The van der Waals surface area contributed by atoms with Gasteiger partial charge in [0.05, 0.1) is 17.6 Å². The van der Waals surface area contributed by atoms with E-state index >= 15 is 0 Å². The Balaban J connectivity index is 1.68. The second-order valence-electron chi connectivity index (χ2n) is 5.69. The van der Waals surface area contributed by atoms with E-state index in [4.69, 9.17) is 4.74 Å². The van der Waals surface area contributed by atoms with Gasteiger partial charge in [-0.2, -0.15) is 0 Å². The number of nitro groups is 1. The molecule has 5 nitrogen and oxygen atoms in total. The Kier molecular flexibility index (Phi) is 6.14. The van der Waals surface area contributed by atoms with Crippen LogP contribution in [-0.2, 0) is 11.3 Å². The summed E-state index contributed by atoms with van der Waals surface area (Å²) >= 11 is 0. The van der Waals surface area contributed by atoms with Gasteiger partial charge in [0, 0.05) is 24.7 Å². The van der Waals surface area contributed by atoms with Crippen LogP contribution in [0.1, 0.15) is 43.2 Å². The van der Waals surface area contributed by atoms with Gasteiger partial charge in [-0.3, -0.25) is 10.1 Å². The number of nitrogens with zero attached hydrogens (tertiary/aromatic N) is 1. The van der Waals surface area contributed by atoms with Gasteiger partial charge < -0.3 is 10.1 Å². The van der Waals surface area contributed by atoms with Crippen molar-refractivity contribution in [2.24, 2.45) is 0 Å². The van der Waals surface area contributed by atoms with E-state index in [0.717, 1.165) is 12.1 Å². The van der Waals surface area contributed by atoms with E-state index in [-0.39, 0.29) is 10.6 Å². The third-order valence-electron chi connectivity index (χ3n) is 3.98. The minimum atomic E-state index is -0.328. The fourth-order valence-electron chi connectivity index (χ4n) is 2.72. The number of nitrogens with one attached hydrogen (secondary N) is 1. The van der Waals surface area contributed by atoms with Crippen molar-refractivity contribution in [1.29, 1.82) is 0 Å². The molecule has 1 aromatic rings. The number of aryl methyl sites for hydroxylation is 1. The Bertz CT molecular complexity index is 471. The van der Waals surface area contributed by atoms with Crippen molar-refractivity contribution in [2.75, 3.05) is 13.2 Å². The molecular weight excluding hydrogens is 268 g/mol. The van der Waals surface area contributed by atoms with Gasteiger partial charge in [-0.15, -0.1) is 0 Å². The quantitative estimate of drug-likeness (QED) is 0.475. The van der Waals surface area contributed by atoms with Gasteiger partial charge in [0.25, 0.3) is 5.69 Å². The summed E-state index contributed by atoms with van der Waals surface area (Å²) in [4.78, 5) is 10.6. The van der Waals surface area contributed by atoms with Crippen molar-refractivity contribution < 1.29 is 9.66 Å². The zero-order valence-electron chi connectivity index (χ0n) is 12.6. The summed E-state index contributed by atoms with van der Waals surface area (Å²) in [6, 6.07) is 5.37. The molecule has 5 heteroatoms. The van der Waals surface area contributed by atoms with Crippen molar-refractivity contribution in [2.45, 2.75) is 51.7 Å². The second kappa shape index (κ2) is 8.10. The summed E-state index contributed by atoms with van der Waals surface area (Å²) in [5.74, 6) is 0. The highest BCUT2D eigenvalue weighted by atomic mass is 16.6. The lowest BCUT2D eigenvalue weighted by Gasteiger charge is -2.22. The van der Waals surface area contributed by atoms with Crippen LogP contribution in [-0.4, -0.2) is 24.2 Å². The molecule has 0 spiro atoms. The van der Waals surface area contributed by atoms with E-state index in [1.54, 1.807) is 19.1 Å². The Morgan fingerprint density at radius 2 is 2.10 bits per heavy atom. The van der Waals surface area contributed by atoms with Gasteiger partial charge in [-0.25, -0.2) is 0 Å². The number of ether oxygens (including phenoxy) is 1. The molecule has 0 aliphatic heterocycles. The molecule has 0 heterocycles. The highest BCUT2D eigenvalue weighted by molar-refractivity contribution is 5.42. The van der Waals surface area contributed by atoms with E-state index in [1.807, 2.05) is 6.07 Å². The molecule has 1 aromatic carbocycles. The summed E-state index contributed by atoms with van der Waals surface area (Å²) in [6.45, 7) is 3.87. The summed E-state index contributed by atoms with van der Waals surface area (Å²) in [5.41, 5.74) is 1.82. The first-order valence-corrected chi connectivity index (χ1v) is 7.73. The molecule has 1 saturated carbocycles. The SMILES string of the molecule is Cc1ccc(CNCCOC2CCCCC2)cc1[N+](=O)[O-]. The maximum atomic E-state index is 10.9. The van der Waals surface area contributed by atoms with Crippen molar-refractivity contribution in [3.8, 4) is 0 Å². The molecular formula is C16H24N2O3. The fraction of sp³-hybridized carbons (Fsp3) is 0.625. The number of nitro benzene ring substituents is 1. The molecule has 0 bridgehead atoms. The second-order valence-corrected chi connectivity index (χ2v) is 5.69. The smallest absolute Gasteiger partial charge is 0.272 e. The molecule has 0 amide bonds. The molecule has 1 N–H and O–H groups in total. The molecule has 1 aliphatic carbocycles. The summed E-state index contributed by atoms with van der Waals surface area (Å²) in [7, 11) is 0. The molecule has 1 fully saturated rings. The first-order chi connectivity index (χ1) is 10.2. The van der Waals surface area contributed by atoms with Crippen molar-refractivity contribution >= 4 is 5.69 Å². The van der Waals surface area contributed by atoms with E-state index < -0.39 is 0 Å². The Morgan fingerprint density at radius 3 is 2.81 bits per heavy atom. The van der Waals surface area contributed by atoms with Crippen LogP contribution in [0.4, 0.5) is 5.69 Å². The van der Waals surface area contributed by atoms with Gasteiger partial charge in [0.1, 0.15) is 0 Å². The van der Waals surface area contributed by atoms with Gasteiger partial charge in [-0.05, 0) is 25.3 Å². The van der Waals surface area contributed by atoms with E-state index in [0.29, 0.717) is 24.8 Å². The number of rotatable bonds is 7. The van der Waals surface area contributed by atoms with Crippen LogP contribution >= 0.6 is 0 Å². The number of hydrogen-bond donors (Lipinski definition) is 1. The predicted molar refractivity (Wildman–Crippen MR) is 82.4 cm³/mol. The van der Waals surface area contributed by atoms with Crippen LogP contribution in [0.3, 0.4) is 0 Å². The van der Waals surface area contributed by atoms with Crippen LogP contribution in [0.2, 0.25) is 0 Å². The van der Waals surface area contributed by atoms with Crippen LogP contribution in [0.15, 0.2) is 18.2 Å². The van der Waals surface area contributed by atoms with Gasteiger partial charge >= 0.3 is 0 Å². The highest BCUT2D eigenvalue weighted by Gasteiger charge is 2.13. The normalized spacial score (nSPS) is 16.0. The predicted octanol–water partition coefficient (Wildman–Crippen LogP) is 3.34. The zero-order valence-corrected chi connectivity index (χ0v) is 12.6. The maximum absolute atomic E-state index is 10.9. The molecule has 21 heavy (non-hydrogen) atoms. The molecule has 0 unspecified atom stereocenters. The van der Waals surface area contributed by atoms with E-state index in [1.165, 1.54) is 32.1 Å². The van der Waals surface area contributed by atoms with Gasteiger partial charge in [0.2, 0.25) is 0 Å². The topological polar surface area (TPSA) is 64.4 Å². The van der Waals surface area contributed by atoms with Crippen molar-refractivity contribution in [3.05, 3.63) is 39.4 Å².